The van der Waals surface area contributed by atoms with Gasteiger partial charge in [0.05, 0.1) is 0 Å². The van der Waals surface area contributed by atoms with Gasteiger partial charge in [-0.15, -0.1) is 0 Å². The second kappa shape index (κ2) is 3.93. The van der Waals surface area contributed by atoms with Crippen molar-refractivity contribution in [3.63, 3.8) is 0 Å². The molecule has 1 aromatic carbocycles. The topological polar surface area (TPSA) is 26.3 Å². The van der Waals surface area contributed by atoms with Gasteiger partial charge in [0.1, 0.15) is 6.61 Å². The van der Waals surface area contributed by atoms with E-state index < -0.39 is 0 Å². The number of rotatable bonds is 4. The summed E-state index contributed by atoms with van der Waals surface area (Å²) < 4.78 is 5.12. The molecule has 1 aliphatic carbocycles. The van der Waals surface area contributed by atoms with Crippen LogP contribution in [0.1, 0.15) is 24.0 Å². The molecule has 1 aliphatic rings. The molecule has 0 radical (unpaired) electrons. The molecule has 0 spiro atoms. The summed E-state index contributed by atoms with van der Waals surface area (Å²) in [6.07, 6.45) is 0.891. The average molecular weight is 190 g/mol. The number of carbonyl (C=O) groups is 1. The van der Waals surface area contributed by atoms with Crippen LogP contribution in [0.4, 0.5) is 0 Å². The van der Waals surface area contributed by atoms with Gasteiger partial charge in [0, 0.05) is 12.5 Å². The van der Waals surface area contributed by atoms with E-state index in [1.165, 1.54) is 11.1 Å². The molecule has 1 atom stereocenters. The van der Waals surface area contributed by atoms with E-state index in [1.807, 2.05) is 25.1 Å². The van der Waals surface area contributed by atoms with E-state index in [-0.39, 0.29) is 18.3 Å². The van der Waals surface area contributed by atoms with E-state index in [4.69, 9.17) is 4.74 Å². The maximum atomic E-state index is 11.6. The Kier molecular flexibility index (Phi) is 2.64. The van der Waals surface area contributed by atoms with E-state index >= 15 is 0 Å². The Balaban J connectivity index is 2.01. The first kappa shape index (κ1) is 9.41. The van der Waals surface area contributed by atoms with Crippen LogP contribution in [0.15, 0.2) is 24.3 Å². The Hall–Kier alpha value is -1.15. The first-order chi connectivity index (χ1) is 6.83. The fraction of sp³-hybridized carbons (Fsp3) is 0.417. The quantitative estimate of drug-likeness (QED) is 0.725. The highest BCUT2D eigenvalue weighted by atomic mass is 16.5. The molecule has 2 heteroatoms. The molecule has 0 aliphatic heterocycles. The number of hydrogen-bond acceptors (Lipinski definition) is 2. The zero-order chi connectivity index (χ0) is 9.97. The lowest BCUT2D eigenvalue weighted by Crippen LogP contribution is -2.28. The average Bonchev–Trinajstić information content (AvgIpc) is 2.17. The molecule has 14 heavy (non-hydrogen) atoms. The Morgan fingerprint density at radius 1 is 1.50 bits per heavy atom. The summed E-state index contributed by atoms with van der Waals surface area (Å²) in [5.74, 6) is 0.309. The van der Waals surface area contributed by atoms with Gasteiger partial charge >= 0.3 is 0 Å². The first-order valence-electron chi connectivity index (χ1n) is 5.01. The molecule has 74 valence electrons. The zero-order valence-electron chi connectivity index (χ0n) is 8.32. The SMILES string of the molecule is CCOCC(=O)C1Cc2ccccc21. The summed E-state index contributed by atoms with van der Waals surface area (Å²) in [4.78, 5) is 11.6. The highest BCUT2D eigenvalue weighted by Gasteiger charge is 2.31. The van der Waals surface area contributed by atoms with Crippen LogP contribution in [0.3, 0.4) is 0 Å². The van der Waals surface area contributed by atoms with Crippen LogP contribution in [0.5, 0.6) is 0 Å². The van der Waals surface area contributed by atoms with Gasteiger partial charge in [-0.3, -0.25) is 4.79 Å². The number of fused-ring (bicyclic) bond motifs is 1. The van der Waals surface area contributed by atoms with E-state index in [9.17, 15) is 4.79 Å². The molecular weight excluding hydrogens is 176 g/mol. The highest BCUT2D eigenvalue weighted by molar-refractivity contribution is 5.89. The van der Waals surface area contributed by atoms with Crippen molar-refractivity contribution in [1.82, 2.24) is 0 Å². The second-order valence-electron chi connectivity index (χ2n) is 3.56. The summed E-state index contributed by atoms with van der Waals surface area (Å²) in [5, 5.41) is 0. The van der Waals surface area contributed by atoms with Crippen LogP contribution < -0.4 is 0 Å². The van der Waals surface area contributed by atoms with Gasteiger partial charge < -0.3 is 4.74 Å². The molecule has 0 amide bonds. The Bertz CT molecular complexity index is 344. The van der Waals surface area contributed by atoms with Crippen molar-refractivity contribution in [2.75, 3.05) is 13.2 Å². The van der Waals surface area contributed by atoms with Crippen molar-refractivity contribution in [3.05, 3.63) is 35.4 Å². The molecule has 0 fully saturated rings. The van der Waals surface area contributed by atoms with Gasteiger partial charge in [-0.25, -0.2) is 0 Å². The van der Waals surface area contributed by atoms with Crippen molar-refractivity contribution in [3.8, 4) is 0 Å². The monoisotopic (exact) mass is 190 g/mol. The Labute approximate surface area is 83.9 Å². The van der Waals surface area contributed by atoms with E-state index in [0.717, 1.165) is 6.42 Å². The lowest BCUT2D eigenvalue weighted by atomic mass is 9.75. The molecule has 2 rings (SSSR count). The molecular formula is C12H14O2. The predicted molar refractivity (Wildman–Crippen MR) is 54.4 cm³/mol. The number of benzene rings is 1. The van der Waals surface area contributed by atoms with Crippen LogP contribution in [-0.2, 0) is 16.0 Å². The Morgan fingerprint density at radius 3 is 3.00 bits per heavy atom. The van der Waals surface area contributed by atoms with Crippen molar-refractivity contribution in [2.45, 2.75) is 19.3 Å². The van der Waals surface area contributed by atoms with Crippen molar-refractivity contribution < 1.29 is 9.53 Å². The normalized spacial score (nSPS) is 18.5. The van der Waals surface area contributed by atoms with E-state index in [0.29, 0.717) is 6.61 Å². The van der Waals surface area contributed by atoms with Gasteiger partial charge in [-0.05, 0) is 24.5 Å². The molecule has 0 saturated heterocycles. The van der Waals surface area contributed by atoms with E-state index in [2.05, 4.69) is 6.07 Å². The largest absolute Gasteiger partial charge is 0.374 e. The number of Topliss-reactive ketones (excluding diaryl/α,β-unsaturated/α-hetero) is 1. The van der Waals surface area contributed by atoms with Gasteiger partial charge in [-0.1, -0.05) is 24.3 Å². The van der Waals surface area contributed by atoms with Crippen LogP contribution in [-0.4, -0.2) is 19.0 Å². The number of ketones is 1. The highest BCUT2D eigenvalue weighted by Crippen LogP contribution is 2.35. The minimum Gasteiger partial charge on any atom is -0.374 e. The first-order valence-corrected chi connectivity index (χ1v) is 5.01. The number of hydrogen-bond donors (Lipinski definition) is 0. The van der Waals surface area contributed by atoms with Gasteiger partial charge in [0.25, 0.3) is 0 Å². The number of ether oxygens (including phenoxy) is 1. The smallest absolute Gasteiger partial charge is 0.166 e. The zero-order valence-corrected chi connectivity index (χ0v) is 8.32. The lowest BCUT2D eigenvalue weighted by molar-refractivity contribution is -0.125. The third-order valence-corrected chi connectivity index (χ3v) is 2.69. The maximum Gasteiger partial charge on any atom is 0.166 e. The molecule has 0 N–H and O–H groups in total. The number of carbonyl (C=O) groups excluding carboxylic acids is 1. The van der Waals surface area contributed by atoms with Crippen LogP contribution >= 0.6 is 0 Å². The van der Waals surface area contributed by atoms with Gasteiger partial charge in [-0.2, -0.15) is 0 Å². The van der Waals surface area contributed by atoms with Crippen molar-refractivity contribution in [1.29, 1.82) is 0 Å². The Morgan fingerprint density at radius 2 is 2.29 bits per heavy atom. The molecule has 2 nitrogen and oxygen atoms in total. The fourth-order valence-corrected chi connectivity index (χ4v) is 1.85. The lowest BCUT2D eigenvalue weighted by Gasteiger charge is -2.28. The summed E-state index contributed by atoms with van der Waals surface area (Å²) in [5.41, 5.74) is 2.50. The van der Waals surface area contributed by atoms with Gasteiger partial charge in [0.15, 0.2) is 5.78 Å². The standard InChI is InChI=1S/C12H14O2/c1-2-14-8-12(13)11-7-9-5-3-4-6-10(9)11/h3-6,11H,2,7-8H2,1H3. The van der Waals surface area contributed by atoms with Gasteiger partial charge in [0.2, 0.25) is 0 Å². The fourth-order valence-electron chi connectivity index (χ4n) is 1.85. The molecule has 1 aromatic rings. The molecule has 0 heterocycles. The minimum absolute atomic E-state index is 0.0951. The molecule has 0 saturated carbocycles. The predicted octanol–water partition coefficient (Wildman–Crippen LogP) is 1.93. The van der Waals surface area contributed by atoms with Crippen LogP contribution in [0.2, 0.25) is 0 Å². The summed E-state index contributed by atoms with van der Waals surface area (Å²) in [6.45, 7) is 2.78. The van der Waals surface area contributed by atoms with Crippen LogP contribution in [0, 0.1) is 0 Å². The summed E-state index contributed by atoms with van der Waals surface area (Å²) in [6, 6.07) is 8.12. The summed E-state index contributed by atoms with van der Waals surface area (Å²) in [7, 11) is 0. The van der Waals surface area contributed by atoms with E-state index in [1.54, 1.807) is 0 Å². The minimum atomic E-state index is 0.0951. The summed E-state index contributed by atoms with van der Waals surface area (Å²) >= 11 is 0. The third kappa shape index (κ3) is 1.58. The third-order valence-electron chi connectivity index (χ3n) is 2.69. The maximum absolute atomic E-state index is 11.6. The molecule has 0 aromatic heterocycles. The molecule has 0 bridgehead atoms. The van der Waals surface area contributed by atoms with Crippen molar-refractivity contribution in [2.24, 2.45) is 0 Å². The molecule has 1 unspecified atom stereocenters. The van der Waals surface area contributed by atoms with Crippen molar-refractivity contribution >= 4 is 5.78 Å². The van der Waals surface area contributed by atoms with Crippen LogP contribution in [0.25, 0.3) is 0 Å². The second-order valence-corrected chi connectivity index (χ2v) is 3.56.